The van der Waals surface area contributed by atoms with Crippen molar-refractivity contribution in [1.29, 1.82) is 0 Å². The molecule has 0 saturated heterocycles. The fourth-order valence-electron chi connectivity index (χ4n) is 10.7. The SMILES string of the molecule is c1ccc(-c2ccc(-c3nc(-c4ccc(-c5ccccc5)cc4)nc(-c4ccc(-c5cccc6c5-c5ccccc5C65c6ccccc6-c6ccccc65)c5ccccc45)n3)cc2)cc1. The molecule has 2 aliphatic carbocycles. The Hall–Kier alpha value is -8.53. The molecule has 0 radical (unpaired) electrons. The lowest BCUT2D eigenvalue weighted by atomic mass is 9.70. The molecule has 0 unspecified atom stereocenters. The van der Waals surface area contributed by atoms with Crippen molar-refractivity contribution in [2.75, 3.05) is 0 Å². The zero-order valence-electron chi connectivity index (χ0n) is 35.4. The highest BCUT2D eigenvalue weighted by Crippen LogP contribution is 2.64. The van der Waals surface area contributed by atoms with Gasteiger partial charge in [0.2, 0.25) is 0 Å². The average molecular weight is 826 g/mol. The summed E-state index contributed by atoms with van der Waals surface area (Å²) >= 11 is 0. The number of hydrogen-bond acceptors (Lipinski definition) is 3. The Labute approximate surface area is 378 Å². The summed E-state index contributed by atoms with van der Waals surface area (Å²) in [6.07, 6.45) is 0. The van der Waals surface area contributed by atoms with E-state index in [-0.39, 0.29) is 0 Å². The van der Waals surface area contributed by atoms with Gasteiger partial charge in [-0.1, -0.05) is 231 Å². The van der Waals surface area contributed by atoms with E-state index in [0.717, 1.165) is 38.6 Å². The van der Waals surface area contributed by atoms with E-state index in [4.69, 9.17) is 15.0 Å². The molecule has 65 heavy (non-hydrogen) atoms. The lowest BCUT2D eigenvalue weighted by molar-refractivity contribution is 0.794. The second kappa shape index (κ2) is 14.8. The summed E-state index contributed by atoms with van der Waals surface area (Å²) in [6.45, 7) is 0. The van der Waals surface area contributed by atoms with Gasteiger partial charge in [0, 0.05) is 16.7 Å². The molecule has 3 heteroatoms. The normalized spacial score (nSPS) is 12.7. The first-order valence-electron chi connectivity index (χ1n) is 22.3. The van der Waals surface area contributed by atoms with Crippen LogP contribution in [-0.4, -0.2) is 15.0 Å². The number of fused-ring (bicyclic) bond motifs is 11. The second-order valence-corrected chi connectivity index (χ2v) is 17.0. The number of hydrogen-bond donors (Lipinski definition) is 0. The predicted molar refractivity (Wildman–Crippen MR) is 266 cm³/mol. The minimum atomic E-state index is -0.416. The van der Waals surface area contributed by atoms with Crippen LogP contribution in [0.1, 0.15) is 22.3 Å². The van der Waals surface area contributed by atoms with Crippen molar-refractivity contribution in [3.05, 3.63) is 259 Å². The zero-order valence-corrected chi connectivity index (χ0v) is 35.4. The van der Waals surface area contributed by atoms with Crippen molar-refractivity contribution in [2.24, 2.45) is 0 Å². The van der Waals surface area contributed by atoms with E-state index in [1.165, 1.54) is 66.8 Å². The Kier molecular flexibility index (Phi) is 8.44. The molecular weight excluding hydrogens is 787 g/mol. The van der Waals surface area contributed by atoms with E-state index in [1.54, 1.807) is 0 Å². The molecule has 2 aliphatic rings. The van der Waals surface area contributed by atoms with Gasteiger partial charge < -0.3 is 0 Å². The number of aromatic nitrogens is 3. The summed E-state index contributed by atoms with van der Waals surface area (Å²) in [6, 6.07) is 85.2. The lowest BCUT2D eigenvalue weighted by Crippen LogP contribution is -2.25. The van der Waals surface area contributed by atoms with E-state index in [0.29, 0.717) is 17.5 Å². The summed E-state index contributed by atoms with van der Waals surface area (Å²) in [5.74, 6) is 1.89. The Morgan fingerprint density at radius 2 is 0.585 bits per heavy atom. The van der Waals surface area contributed by atoms with Gasteiger partial charge in [0.25, 0.3) is 0 Å². The molecule has 302 valence electrons. The quantitative estimate of drug-likeness (QED) is 0.168. The minimum Gasteiger partial charge on any atom is -0.208 e. The van der Waals surface area contributed by atoms with E-state index in [2.05, 4.69) is 224 Å². The average Bonchev–Trinajstić information content (AvgIpc) is 3.86. The topological polar surface area (TPSA) is 38.7 Å². The largest absolute Gasteiger partial charge is 0.208 e. The summed E-state index contributed by atoms with van der Waals surface area (Å²) in [5, 5.41) is 2.23. The molecule has 0 saturated carbocycles. The molecule has 1 heterocycles. The van der Waals surface area contributed by atoms with Crippen molar-refractivity contribution in [1.82, 2.24) is 15.0 Å². The van der Waals surface area contributed by atoms with Crippen LogP contribution < -0.4 is 0 Å². The monoisotopic (exact) mass is 825 g/mol. The molecule has 1 aromatic heterocycles. The van der Waals surface area contributed by atoms with E-state index >= 15 is 0 Å². The lowest BCUT2D eigenvalue weighted by Gasteiger charge is -2.30. The summed E-state index contributed by atoms with van der Waals surface area (Å²) < 4.78 is 0. The summed E-state index contributed by atoms with van der Waals surface area (Å²) in [4.78, 5) is 15.7. The van der Waals surface area contributed by atoms with Crippen LogP contribution in [0.15, 0.2) is 237 Å². The zero-order chi connectivity index (χ0) is 42.9. The predicted octanol–water partition coefficient (Wildman–Crippen LogP) is 15.4. The van der Waals surface area contributed by atoms with Crippen LogP contribution in [-0.2, 0) is 5.41 Å². The molecule has 10 aromatic carbocycles. The Bertz CT molecular complexity index is 3480. The Balaban J connectivity index is 0.987. The van der Waals surface area contributed by atoms with E-state index in [1.807, 2.05) is 12.1 Å². The molecule has 0 N–H and O–H groups in total. The number of rotatable bonds is 6. The molecule has 13 rings (SSSR count). The van der Waals surface area contributed by atoms with Gasteiger partial charge in [0.1, 0.15) is 0 Å². The first-order valence-corrected chi connectivity index (χ1v) is 22.3. The van der Waals surface area contributed by atoms with Gasteiger partial charge in [0.05, 0.1) is 5.41 Å². The molecule has 3 nitrogen and oxygen atoms in total. The van der Waals surface area contributed by atoms with Crippen molar-refractivity contribution < 1.29 is 0 Å². The Morgan fingerprint density at radius 3 is 1.14 bits per heavy atom. The van der Waals surface area contributed by atoms with Crippen molar-refractivity contribution >= 4 is 10.8 Å². The Morgan fingerprint density at radius 1 is 0.215 bits per heavy atom. The third-order valence-electron chi connectivity index (χ3n) is 13.6. The fraction of sp³-hybridized carbons (Fsp3) is 0.0161. The smallest absolute Gasteiger partial charge is 0.164 e. The third kappa shape index (κ3) is 5.72. The number of benzene rings is 10. The maximum absolute atomic E-state index is 5.28. The first kappa shape index (κ1) is 37.1. The van der Waals surface area contributed by atoms with Crippen LogP contribution in [0.5, 0.6) is 0 Å². The van der Waals surface area contributed by atoms with Crippen LogP contribution in [0.2, 0.25) is 0 Å². The van der Waals surface area contributed by atoms with Crippen molar-refractivity contribution in [3.8, 4) is 89.8 Å². The minimum absolute atomic E-state index is 0.416. The molecular formula is C62H39N3. The molecule has 0 aliphatic heterocycles. The van der Waals surface area contributed by atoms with Gasteiger partial charge >= 0.3 is 0 Å². The van der Waals surface area contributed by atoms with Crippen LogP contribution in [0.3, 0.4) is 0 Å². The van der Waals surface area contributed by atoms with Crippen LogP contribution in [0, 0.1) is 0 Å². The number of nitrogens with zero attached hydrogens (tertiary/aromatic N) is 3. The van der Waals surface area contributed by atoms with Gasteiger partial charge in [-0.15, -0.1) is 0 Å². The standard InChI is InChI=1S/C62H39N3/c1-3-16-40(17-4-1)42-30-34-44(35-31-42)59-63-60(45-36-32-43(33-37-45)41-18-5-2-6-19-41)65-61(64-59)52-39-38-48(46-20-7-8-21-47(46)52)51-25-15-29-57-58(51)53-24-11-14-28-56(53)62(57)54-26-12-9-22-49(54)50-23-10-13-27-55(50)62/h1-39H. The van der Waals surface area contributed by atoms with Crippen molar-refractivity contribution in [2.45, 2.75) is 5.41 Å². The second-order valence-electron chi connectivity index (χ2n) is 17.0. The van der Waals surface area contributed by atoms with Crippen molar-refractivity contribution in [3.63, 3.8) is 0 Å². The maximum Gasteiger partial charge on any atom is 0.164 e. The summed E-state index contributed by atoms with van der Waals surface area (Å²) in [7, 11) is 0. The molecule has 11 aromatic rings. The summed E-state index contributed by atoms with van der Waals surface area (Å²) in [5.41, 5.74) is 19.9. The maximum atomic E-state index is 5.28. The van der Waals surface area contributed by atoms with Crippen LogP contribution >= 0.6 is 0 Å². The third-order valence-corrected chi connectivity index (χ3v) is 13.6. The molecule has 0 fully saturated rings. The first-order chi connectivity index (χ1) is 32.2. The molecule has 0 amide bonds. The van der Waals surface area contributed by atoms with E-state index in [9.17, 15) is 0 Å². The van der Waals surface area contributed by atoms with Gasteiger partial charge in [-0.25, -0.2) is 15.0 Å². The molecule has 0 atom stereocenters. The highest BCUT2D eigenvalue weighted by molar-refractivity contribution is 6.09. The molecule has 1 spiro atoms. The van der Waals surface area contributed by atoms with Gasteiger partial charge in [-0.3, -0.25) is 0 Å². The van der Waals surface area contributed by atoms with Crippen LogP contribution in [0.4, 0.5) is 0 Å². The van der Waals surface area contributed by atoms with Gasteiger partial charge in [-0.2, -0.15) is 0 Å². The highest BCUT2D eigenvalue weighted by atomic mass is 15.0. The van der Waals surface area contributed by atoms with Crippen LogP contribution in [0.25, 0.3) is 101 Å². The van der Waals surface area contributed by atoms with Gasteiger partial charge in [0.15, 0.2) is 17.5 Å². The highest BCUT2D eigenvalue weighted by Gasteiger charge is 2.52. The fourth-order valence-corrected chi connectivity index (χ4v) is 10.7. The van der Waals surface area contributed by atoms with Gasteiger partial charge in [-0.05, 0) is 94.7 Å². The molecule has 0 bridgehead atoms. The van der Waals surface area contributed by atoms with E-state index < -0.39 is 5.41 Å².